The average Bonchev–Trinajstić information content (AvgIpc) is 2.64. The number of pyridine rings is 1. The lowest BCUT2D eigenvalue weighted by atomic mass is 10.1. The van der Waals surface area contributed by atoms with E-state index in [1.54, 1.807) is 12.4 Å². The van der Waals surface area contributed by atoms with Gasteiger partial charge in [-0.25, -0.2) is 0 Å². The molecule has 1 amide bonds. The molecule has 0 spiro atoms. The van der Waals surface area contributed by atoms with E-state index in [2.05, 4.69) is 10.3 Å². The van der Waals surface area contributed by atoms with Gasteiger partial charge in [0.2, 0.25) is 0 Å². The second-order valence-corrected chi connectivity index (χ2v) is 6.10. The molecule has 0 fully saturated rings. The van der Waals surface area contributed by atoms with Crippen molar-refractivity contribution in [3.8, 4) is 0 Å². The van der Waals surface area contributed by atoms with Gasteiger partial charge in [0.1, 0.15) is 0 Å². The minimum Gasteiger partial charge on any atom is -0.343 e. The molecular weight excluding hydrogens is 310 g/mol. The maximum Gasteiger partial charge on any atom is 0.257 e. The molecule has 0 bridgehead atoms. The number of amides is 1. The summed E-state index contributed by atoms with van der Waals surface area (Å²) in [7, 11) is 1.96. The number of rotatable bonds is 4. The van der Waals surface area contributed by atoms with Crippen molar-refractivity contribution in [3.05, 3.63) is 83.7 Å². The second kappa shape index (κ2) is 7.18. The number of carbonyl (C=O) groups is 1. The Balaban J connectivity index is 1.82. The number of anilines is 3. The molecule has 4 nitrogen and oxygen atoms in total. The number of carbonyl (C=O) groups excluding carboxylic acids is 1. The number of aryl methyl sites for hydroxylation is 2. The molecule has 0 unspecified atom stereocenters. The summed E-state index contributed by atoms with van der Waals surface area (Å²) in [4.78, 5) is 18.8. The van der Waals surface area contributed by atoms with Crippen LogP contribution in [0.4, 0.5) is 17.1 Å². The van der Waals surface area contributed by atoms with E-state index in [0.717, 1.165) is 22.6 Å². The van der Waals surface area contributed by atoms with E-state index < -0.39 is 0 Å². The van der Waals surface area contributed by atoms with Gasteiger partial charge in [-0.3, -0.25) is 9.78 Å². The van der Waals surface area contributed by atoms with E-state index >= 15 is 0 Å². The van der Waals surface area contributed by atoms with Crippen LogP contribution < -0.4 is 10.2 Å². The zero-order chi connectivity index (χ0) is 17.8. The van der Waals surface area contributed by atoms with E-state index in [-0.39, 0.29) is 5.91 Å². The summed E-state index contributed by atoms with van der Waals surface area (Å²) in [5, 5.41) is 2.96. The lowest BCUT2D eigenvalue weighted by Crippen LogP contribution is -2.15. The van der Waals surface area contributed by atoms with Crippen LogP contribution in [0.25, 0.3) is 0 Å². The first kappa shape index (κ1) is 16.7. The number of nitrogens with one attached hydrogen (secondary N) is 1. The van der Waals surface area contributed by atoms with Gasteiger partial charge in [0.05, 0.1) is 17.4 Å². The largest absolute Gasteiger partial charge is 0.343 e. The van der Waals surface area contributed by atoms with Gasteiger partial charge in [-0.2, -0.15) is 0 Å². The van der Waals surface area contributed by atoms with E-state index in [0.29, 0.717) is 5.56 Å². The molecule has 25 heavy (non-hydrogen) atoms. The van der Waals surface area contributed by atoms with Crippen LogP contribution in [-0.4, -0.2) is 17.9 Å². The topological polar surface area (TPSA) is 45.2 Å². The van der Waals surface area contributed by atoms with Gasteiger partial charge in [-0.1, -0.05) is 35.9 Å². The molecule has 0 aliphatic rings. The fourth-order valence-corrected chi connectivity index (χ4v) is 2.68. The summed E-state index contributed by atoms with van der Waals surface area (Å²) >= 11 is 0. The smallest absolute Gasteiger partial charge is 0.257 e. The highest BCUT2D eigenvalue weighted by molar-refractivity contribution is 6.05. The van der Waals surface area contributed by atoms with Crippen molar-refractivity contribution in [2.24, 2.45) is 0 Å². The van der Waals surface area contributed by atoms with Crippen LogP contribution in [0.15, 0.2) is 67.0 Å². The third-order valence-corrected chi connectivity index (χ3v) is 4.15. The summed E-state index contributed by atoms with van der Waals surface area (Å²) in [6, 6.07) is 17.8. The summed E-state index contributed by atoms with van der Waals surface area (Å²) in [6.07, 6.45) is 3.34. The molecular formula is C21H21N3O. The van der Waals surface area contributed by atoms with Crippen molar-refractivity contribution >= 4 is 23.0 Å². The Morgan fingerprint density at radius 1 is 0.960 bits per heavy atom. The number of benzene rings is 2. The molecule has 1 heterocycles. The number of para-hydroxylation sites is 1. The number of hydrogen-bond acceptors (Lipinski definition) is 3. The third kappa shape index (κ3) is 3.86. The number of hydrogen-bond donors (Lipinski definition) is 1. The quantitative estimate of drug-likeness (QED) is 0.752. The van der Waals surface area contributed by atoms with Gasteiger partial charge >= 0.3 is 0 Å². The molecule has 0 atom stereocenters. The third-order valence-electron chi connectivity index (χ3n) is 4.15. The zero-order valence-corrected chi connectivity index (χ0v) is 14.7. The first-order chi connectivity index (χ1) is 12.0. The summed E-state index contributed by atoms with van der Waals surface area (Å²) < 4.78 is 0. The predicted octanol–water partition coefficient (Wildman–Crippen LogP) is 4.72. The summed E-state index contributed by atoms with van der Waals surface area (Å²) in [6.45, 7) is 4.02. The molecule has 1 aromatic heterocycles. The number of nitrogens with zero attached hydrogens (tertiary/aromatic N) is 2. The van der Waals surface area contributed by atoms with Crippen molar-refractivity contribution in [1.29, 1.82) is 0 Å². The average molecular weight is 331 g/mol. The second-order valence-electron chi connectivity index (χ2n) is 6.10. The van der Waals surface area contributed by atoms with Gasteiger partial charge in [-0.05, 0) is 43.7 Å². The highest BCUT2D eigenvalue weighted by atomic mass is 16.1. The van der Waals surface area contributed by atoms with Crippen molar-refractivity contribution < 1.29 is 4.79 Å². The SMILES string of the molecule is Cc1ccc(NC(=O)c2cncc(N(C)c3ccccc3)c2)c(C)c1. The van der Waals surface area contributed by atoms with Gasteiger partial charge in [0.25, 0.3) is 5.91 Å². The Hall–Kier alpha value is -3.14. The predicted molar refractivity (Wildman–Crippen MR) is 103 cm³/mol. The van der Waals surface area contributed by atoms with E-state index in [9.17, 15) is 4.79 Å². The van der Waals surface area contributed by atoms with E-state index in [1.807, 2.05) is 80.4 Å². The van der Waals surface area contributed by atoms with Crippen LogP contribution in [0.1, 0.15) is 21.5 Å². The van der Waals surface area contributed by atoms with Crippen LogP contribution in [0.2, 0.25) is 0 Å². The highest BCUT2D eigenvalue weighted by Gasteiger charge is 2.11. The fourth-order valence-electron chi connectivity index (χ4n) is 2.68. The molecule has 3 aromatic rings. The minimum absolute atomic E-state index is 0.164. The molecule has 0 saturated heterocycles. The van der Waals surface area contributed by atoms with Crippen LogP contribution in [0, 0.1) is 13.8 Å². The summed E-state index contributed by atoms with van der Waals surface area (Å²) in [5.41, 5.74) is 5.45. The summed E-state index contributed by atoms with van der Waals surface area (Å²) in [5.74, 6) is -0.164. The molecule has 126 valence electrons. The van der Waals surface area contributed by atoms with Gasteiger partial charge in [0, 0.05) is 24.6 Å². The lowest BCUT2D eigenvalue weighted by molar-refractivity contribution is 0.102. The Morgan fingerprint density at radius 3 is 2.44 bits per heavy atom. The van der Waals surface area contributed by atoms with Gasteiger partial charge < -0.3 is 10.2 Å². The van der Waals surface area contributed by atoms with Crippen molar-refractivity contribution in [3.63, 3.8) is 0 Å². The molecule has 2 aromatic carbocycles. The Morgan fingerprint density at radius 2 is 1.72 bits per heavy atom. The fraction of sp³-hybridized carbons (Fsp3) is 0.143. The maximum atomic E-state index is 12.6. The Bertz CT molecular complexity index is 891. The van der Waals surface area contributed by atoms with E-state index in [4.69, 9.17) is 0 Å². The Labute approximate surface area is 148 Å². The van der Waals surface area contributed by atoms with Crippen molar-refractivity contribution in [2.45, 2.75) is 13.8 Å². The number of aromatic nitrogens is 1. The molecule has 0 aliphatic heterocycles. The standard InChI is InChI=1S/C21H21N3O/c1-15-9-10-20(16(2)11-15)23-21(25)17-12-19(14-22-13-17)24(3)18-7-5-4-6-8-18/h4-14H,1-3H3,(H,23,25). The van der Waals surface area contributed by atoms with Crippen LogP contribution in [-0.2, 0) is 0 Å². The molecule has 0 saturated carbocycles. The minimum atomic E-state index is -0.164. The molecule has 0 radical (unpaired) electrons. The normalized spacial score (nSPS) is 10.4. The molecule has 3 rings (SSSR count). The van der Waals surface area contributed by atoms with Crippen LogP contribution in [0.5, 0.6) is 0 Å². The zero-order valence-electron chi connectivity index (χ0n) is 14.7. The lowest BCUT2D eigenvalue weighted by Gasteiger charge is -2.19. The van der Waals surface area contributed by atoms with E-state index in [1.165, 1.54) is 5.56 Å². The maximum absolute atomic E-state index is 12.6. The highest BCUT2D eigenvalue weighted by Crippen LogP contribution is 2.23. The first-order valence-corrected chi connectivity index (χ1v) is 8.17. The molecule has 0 aliphatic carbocycles. The van der Waals surface area contributed by atoms with Crippen molar-refractivity contribution in [1.82, 2.24) is 4.98 Å². The first-order valence-electron chi connectivity index (χ1n) is 8.17. The Kier molecular flexibility index (Phi) is 4.80. The van der Waals surface area contributed by atoms with Gasteiger partial charge in [0.15, 0.2) is 0 Å². The van der Waals surface area contributed by atoms with Crippen LogP contribution >= 0.6 is 0 Å². The van der Waals surface area contributed by atoms with Crippen molar-refractivity contribution in [2.75, 3.05) is 17.3 Å². The molecule has 4 heteroatoms. The van der Waals surface area contributed by atoms with Crippen LogP contribution in [0.3, 0.4) is 0 Å². The van der Waals surface area contributed by atoms with Gasteiger partial charge in [-0.15, -0.1) is 0 Å². The monoisotopic (exact) mass is 331 g/mol. The molecule has 1 N–H and O–H groups in total.